The summed E-state index contributed by atoms with van der Waals surface area (Å²) in [5.41, 5.74) is 20.3. The number of nitrogens with zero attached hydrogens (tertiary/aromatic N) is 1. The first-order chi connectivity index (χ1) is 21.5. The van der Waals surface area contributed by atoms with Crippen molar-refractivity contribution in [2.24, 2.45) is 22.2 Å². The fraction of sp³-hybridized carbons (Fsp3) is 0.323. The number of carbonyl (C=O) groups excluding carboxylic acids is 3. The number of carboxylic acids is 1. The molecule has 3 amide bonds. The third kappa shape index (κ3) is 8.60. The Kier molecular flexibility index (Phi) is 10.8. The number of H-pyrrole nitrogens is 2. The Balaban J connectivity index is 1.45. The molecule has 0 aliphatic rings. The number of aliphatic imine (C=N–C) groups is 1. The Morgan fingerprint density at radius 1 is 0.800 bits per heavy atom. The summed E-state index contributed by atoms with van der Waals surface area (Å²) >= 11 is 0. The molecule has 4 rings (SSSR count). The van der Waals surface area contributed by atoms with Gasteiger partial charge in [-0.3, -0.25) is 19.4 Å². The molecular weight excluding hydrogens is 578 g/mol. The molecule has 0 aliphatic carbocycles. The lowest BCUT2D eigenvalue weighted by molar-refractivity contribution is -0.142. The molecule has 0 saturated carbocycles. The van der Waals surface area contributed by atoms with Gasteiger partial charge in [0.1, 0.15) is 18.1 Å². The van der Waals surface area contributed by atoms with Crippen LogP contribution >= 0.6 is 0 Å². The van der Waals surface area contributed by atoms with Gasteiger partial charge in [0, 0.05) is 47.2 Å². The van der Waals surface area contributed by atoms with Crippen molar-refractivity contribution in [2.45, 2.75) is 56.8 Å². The van der Waals surface area contributed by atoms with Gasteiger partial charge in [-0.15, -0.1) is 0 Å². The Morgan fingerprint density at radius 2 is 1.36 bits per heavy atom. The molecule has 0 fully saturated rings. The van der Waals surface area contributed by atoms with Gasteiger partial charge >= 0.3 is 5.97 Å². The normalized spacial score (nSPS) is 13.8. The van der Waals surface area contributed by atoms with Crippen molar-refractivity contribution in [2.75, 3.05) is 6.54 Å². The van der Waals surface area contributed by atoms with Gasteiger partial charge in [0.15, 0.2) is 5.96 Å². The van der Waals surface area contributed by atoms with Crippen molar-refractivity contribution < 1.29 is 24.3 Å². The highest BCUT2D eigenvalue weighted by Crippen LogP contribution is 2.21. The van der Waals surface area contributed by atoms with E-state index < -0.39 is 47.9 Å². The molecule has 4 aromatic rings. The van der Waals surface area contributed by atoms with E-state index >= 15 is 0 Å². The summed E-state index contributed by atoms with van der Waals surface area (Å²) in [6, 6.07) is 10.8. The van der Waals surface area contributed by atoms with Crippen LogP contribution in [-0.4, -0.2) is 75.4 Å². The van der Waals surface area contributed by atoms with E-state index in [-0.39, 0.29) is 31.8 Å². The maximum Gasteiger partial charge on any atom is 0.326 e. The number of aliphatic carboxylic acids is 1. The Morgan fingerprint density at radius 3 is 1.93 bits per heavy atom. The zero-order valence-corrected chi connectivity index (χ0v) is 24.9. The van der Waals surface area contributed by atoms with Crippen molar-refractivity contribution in [1.29, 1.82) is 0 Å². The molecule has 238 valence electrons. The SMILES string of the molecule is CC(NC(=O)C(Cc1c[nH]c2ccccc12)NC(=O)C(N)Cc1c[nH]c2ccccc12)C(=O)NC(CCCN=C(N)N)C(=O)O. The summed E-state index contributed by atoms with van der Waals surface area (Å²) in [4.78, 5) is 61.6. The number of carbonyl (C=O) groups is 4. The van der Waals surface area contributed by atoms with Crippen LogP contribution in [0.1, 0.15) is 30.9 Å². The maximum absolute atomic E-state index is 13.5. The molecule has 0 spiro atoms. The number of amides is 3. The minimum Gasteiger partial charge on any atom is -0.480 e. The maximum atomic E-state index is 13.5. The molecule has 2 aromatic carbocycles. The molecule has 45 heavy (non-hydrogen) atoms. The number of carboxylic acid groups (broad SMARTS) is 1. The van der Waals surface area contributed by atoms with Crippen molar-refractivity contribution in [3.05, 3.63) is 72.1 Å². The van der Waals surface area contributed by atoms with Crippen LogP contribution in [0.2, 0.25) is 0 Å². The van der Waals surface area contributed by atoms with E-state index in [4.69, 9.17) is 17.2 Å². The van der Waals surface area contributed by atoms with E-state index in [1.807, 2.05) is 48.5 Å². The molecule has 0 bridgehead atoms. The second kappa shape index (κ2) is 14.9. The third-order valence-corrected chi connectivity index (χ3v) is 7.50. The van der Waals surface area contributed by atoms with Gasteiger partial charge in [0.05, 0.1) is 6.04 Å². The number of fused-ring (bicyclic) bond motifs is 2. The first kappa shape index (κ1) is 32.5. The van der Waals surface area contributed by atoms with Crippen molar-refractivity contribution in [3.63, 3.8) is 0 Å². The number of aromatic nitrogens is 2. The zero-order chi connectivity index (χ0) is 32.5. The number of nitrogens with one attached hydrogen (secondary N) is 5. The second-order valence-electron chi connectivity index (χ2n) is 10.9. The van der Waals surface area contributed by atoms with E-state index in [9.17, 15) is 24.3 Å². The monoisotopic (exact) mass is 617 g/mol. The standard InChI is InChI=1S/C31H39N9O5/c1-17(27(41)39-25(30(44)45)11-6-12-35-31(33)34)38-29(43)26(14-19-16-37-24-10-5-3-8-21(19)24)40-28(42)22(32)13-18-15-36-23-9-4-2-7-20(18)23/h2-5,7-10,15-17,22,25-26,36-37H,6,11-14,32H2,1H3,(H,38,43)(H,39,41)(H,40,42)(H,44,45)(H4,33,34,35). The predicted molar refractivity (Wildman–Crippen MR) is 171 cm³/mol. The van der Waals surface area contributed by atoms with Gasteiger partial charge in [0.2, 0.25) is 17.7 Å². The van der Waals surface area contributed by atoms with Crippen LogP contribution in [0.15, 0.2) is 65.9 Å². The number of hydrogen-bond donors (Lipinski definition) is 9. The molecule has 14 heteroatoms. The molecule has 4 unspecified atom stereocenters. The lowest BCUT2D eigenvalue weighted by atomic mass is 10.0. The molecule has 4 atom stereocenters. The minimum atomic E-state index is -1.24. The smallest absolute Gasteiger partial charge is 0.326 e. The molecule has 0 saturated heterocycles. The van der Waals surface area contributed by atoms with Crippen LogP contribution in [0.5, 0.6) is 0 Å². The largest absolute Gasteiger partial charge is 0.480 e. The van der Waals surface area contributed by atoms with Gasteiger partial charge in [-0.25, -0.2) is 4.79 Å². The molecule has 0 aliphatic heterocycles. The van der Waals surface area contributed by atoms with E-state index in [0.717, 1.165) is 32.9 Å². The molecule has 2 aromatic heterocycles. The highest BCUT2D eigenvalue weighted by molar-refractivity contribution is 5.95. The van der Waals surface area contributed by atoms with E-state index in [0.29, 0.717) is 6.42 Å². The molecular formula is C31H39N9O5. The number of benzene rings is 2. The van der Waals surface area contributed by atoms with Crippen LogP contribution in [0, 0.1) is 0 Å². The lowest BCUT2D eigenvalue weighted by Gasteiger charge is -2.23. The summed E-state index contributed by atoms with van der Waals surface area (Å²) in [6.07, 6.45) is 4.30. The zero-order valence-electron chi connectivity index (χ0n) is 24.9. The first-order valence-corrected chi connectivity index (χ1v) is 14.6. The summed E-state index contributed by atoms with van der Waals surface area (Å²) in [5, 5.41) is 19.2. The van der Waals surface area contributed by atoms with E-state index in [1.165, 1.54) is 6.92 Å². The van der Waals surface area contributed by atoms with E-state index in [2.05, 4.69) is 30.9 Å². The van der Waals surface area contributed by atoms with Crippen molar-refractivity contribution in [1.82, 2.24) is 25.9 Å². The van der Waals surface area contributed by atoms with Crippen molar-refractivity contribution in [3.8, 4) is 0 Å². The number of para-hydroxylation sites is 2. The van der Waals surface area contributed by atoms with E-state index in [1.54, 1.807) is 12.4 Å². The van der Waals surface area contributed by atoms with Gasteiger partial charge < -0.3 is 48.2 Å². The van der Waals surface area contributed by atoms with Crippen LogP contribution in [0.25, 0.3) is 21.8 Å². The van der Waals surface area contributed by atoms with Gasteiger partial charge in [-0.05, 0) is 49.4 Å². The Labute approximate surface area is 259 Å². The minimum absolute atomic E-state index is 0.0755. The molecule has 12 N–H and O–H groups in total. The fourth-order valence-electron chi connectivity index (χ4n) is 5.08. The molecule has 14 nitrogen and oxygen atoms in total. The number of guanidine groups is 1. The molecule has 2 heterocycles. The van der Waals surface area contributed by atoms with Crippen LogP contribution < -0.4 is 33.2 Å². The summed E-state index contributed by atoms with van der Waals surface area (Å²) in [6.45, 7) is 1.63. The summed E-state index contributed by atoms with van der Waals surface area (Å²) in [5.74, 6) is -3.22. The highest BCUT2D eigenvalue weighted by atomic mass is 16.4. The number of nitrogens with two attached hydrogens (primary N) is 3. The highest BCUT2D eigenvalue weighted by Gasteiger charge is 2.29. The quantitative estimate of drug-likeness (QED) is 0.0511. The number of aromatic amines is 2. The fourth-order valence-corrected chi connectivity index (χ4v) is 5.08. The van der Waals surface area contributed by atoms with Gasteiger partial charge in [-0.2, -0.15) is 0 Å². The number of hydrogen-bond acceptors (Lipinski definition) is 6. The topological polar surface area (TPSA) is 247 Å². The van der Waals surface area contributed by atoms with Gasteiger partial charge in [-0.1, -0.05) is 36.4 Å². The Bertz CT molecular complexity index is 1690. The summed E-state index contributed by atoms with van der Waals surface area (Å²) < 4.78 is 0. The lowest BCUT2D eigenvalue weighted by Crippen LogP contribution is -2.57. The van der Waals surface area contributed by atoms with Crippen LogP contribution in [-0.2, 0) is 32.0 Å². The summed E-state index contributed by atoms with van der Waals surface area (Å²) in [7, 11) is 0. The average molecular weight is 618 g/mol. The molecule has 0 radical (unpaired) electrons. The first-order valence-electron chi connectivity index (χ1n) is 14.6. The average Bonchev–Trinajstić information content (AvgIpc) is 3.61. The van der Waals surface area contributed by atoms with Crippen LogP contribution in [0.3, 0.4) is 0 Å². The third-order valence-electron chi connectivity index (χ3n) is 7.50. The predicted octanol–water partition coefficient (Wildman–Crippen LogP) is 0.374. The number of rotatable bonds is 15. The second-order valence-corrected chi connectivity index (χ2v) is 10.9. The van der Waals surface area contributed by atoms with Gasteiger partial charge in [0.25, 0.3) is 0 Å². The van der Waals surface area contributed by atoms with Crippen LogP contribution in [0.4, 0.5) is 0 Å². The van der Waals surface area contributed by atoms with Crippen molar-refractivity contribution >= 4 is 51.5 Å². The Hall–Kier alpha value is -5.37.